The van der Waals surface area contributed by atoms with Crippen LogP contribution in [0.2, 0.25) is 0 Å². The van der Waals surface area contributed by atoms with Crippen molar-refractivity contribution in [3.8, 4) is 11.5 Å². The fraction of sp³-hybridized carbons (Fsp3) is 0.0909. The summed E-state index contributed by atoms with van der Waals surface area (Å²) in [4.78, 5) is 19.9. The number of carbonyl (C=O) groups is 1. The average Bonchev–Trinajstić information content (AvgIpc) is 3.39. The Kier molecular flexibility index (Phi) is 3.76. The molecule has 6 rings (SSSR count). The van der Waals surface area contributed by atoms with E-state index in [1.165, 1.54) is 0 Å². The van der Waals surface area contributed by atoms with Crippen molar-refractivity contribution in [2.45, 2.75) is 6.17 Å². The first-order valence-electron chi connectivity index (χ1n) is 9.40. The second-order valence-corrected chi connectivity index (χ2v) is 7.98. The van der Waals surface area contributed by atoms with E-state index >= 15 is 0 Å². The Hall–Kier alpha value is -3.52. The third kappa shape index (κ3) is 2.57. The van der Waals surface area contributed by atoms with E-state index in [1.54, 1.807) is 11.1 Å². The minimum atomic E-state index is -0.461. The second-order valence-electron chi connectivity index (χ2n) is 7.06. The molecule has 2 aromatic carbocycles. The summed E-state index contributed by atoms with van der Waals surface area (Å²) in [6.45, 7) is 0.179. The second kappa shape index (κ2) is 6.50. The van der Waals surface area contributed by atoms with Gasteiger partial charge in [0, 0.05) is 22.4 Å². The van der Waals surface area contributed by atoms with Crippen molar-refractivity contribution < 1.29 is 14.3 Å². The van der Waals surface area contributed by atoms with Gasteiger partial charge in [0.05, 0.1) is 23.1 Å². The highest BCUT2D eigenvalue weighted by molar-refractivity contribution is 9.10. The molecule has 0 saturated carbocycles. The van der Waals surface area contributed by atoms with E-state index in [0.717, 1.165) is 21.5 Å². The van der Waals surface area contributed by atoms with Crippen molar-refractivity contribution in [3.63, 3.8) is 0 Å². The van der Waals surface area contributed by atoms with Gasteiger partial charge in [-0.15, -0.1) is 0 Å². The molecule has 1 N–H and O–H groups in total. The number of hydrogen-bond donors (Lipinski definition) is 1. The Bertz CT molecular complexity index is 1320. The summed E-state index contributed by atoms with van der Waals surface area (Å²) in [7, 11) is 0. The number of benzene rings is 2. The number of aromatic nitrogens is 2. The number of imidazole rings is 1. The molecule has 1 unspecified atom stereocenters. The van der Waals surface area contributed by atoms with Gasteiger partial charge in [-0.3, -0.25) is 14.1 Å². The van der Waals surface area contributed by atoms with Crippen LogP contribution in [-0.2, 0) is 0 Å². The number of amides is 1. The van der Waals surface area contributed by atoms with Gasteiger partial charge in [-0.2, -0.15) is 0 Å². The smallest absolute Gasteiger partial charge is 0.262 e. The van der Waals surface area contributed by atoms with E-state index in [9.17, 15) is 4.79 Å². The maximum atomic E-state index is 13.6. The number of carbonyl (C=O) groups excluding carboxylic acids is 1. The number of rotatable bonds is 2. The minimum absolute atomic E-state index is 0.0989. The van der Waals surface area contributed by atoms with Crippen LogP contribution in [0.1, 0.15) is 22.2 Å². The third-order valence-corrected chi connectivity index (χ3v) is 5.81. The summed E-state index contributed by atoms with van der Waals surface area (Å²) < 4.78 is 13.9. The zero-order valence-electron chi connectivity index (χ0n) is 15.6. The highest BCUT2D eigenvalue weighted by Gasteiger charge is 2.36. The number of nitrogens with one attached hydrogen (secondary N) is 1. The van der Waals surface area contributed by atoms with E-state index in [4.69, 9.17) is 9.47 Å². The Labute approximate surface area is 180 Å². The number of ether oxygens (including phenoxy) is 2. The fourth-order valence-corrected chi connectivity index (χ4v) is 4.27. The molecule has 1 amide bonds. The summed E-state index contributed by atoms with van der Waals surface area (Å²) in [6, 6.07) is 16.9. The van der Waals surface area contributed by atoms with E-state index < -0.39 is 6.17 Å². The Balaban J connectivity index is 1.55. The molecule has 2 aliphatic rings. The Morgan fingerprint density at radius 3 is 2.87 bits per heavy atom. The first kappa shape index (κ1) is 17.3. The van der Waals surface area contributed by atoms with Crippen molar-refractivity contribution in [1.82, 2.24) is 9.38 Å². The van der Waals surface area contributed by atoms with Crippen molar-refractivity contribution in [1.29, 1.82) is 0 Å². The van der Waals surface area contributed by atoms with Gasteiger partial charge in [0.15, 0.2) is 17.7 Å². The predicted molar refractivity (Wildman–Crippen MR) is 115 cm³/mol. The first-order valence-corrected chi connectivity index (χ1v) is 10.2. The number of anilines is 2. The standard InChI is InChI=1S/C22H15BrN4O3/c23-13-5-8-20-24-10-17(26(20)11-13)21-25-16-4-2-1-3-15(16)22(28)27(21)14-6-7-18-19(9-14)30-12-29-18/h1-11,21,25H,12H2. The highest BCUT2D eigenvalue weighted by atomic mass is 79.9. The van der Waals surface area contributed by atoms with Crippen LogP contribution < -0.4 is 19.7 Å². The van der Waals surface area contributed by atoms with Gasteiger partial charge in [0.25, 0.3) is 5.91 Å². The summed E-state index contributed by atoms with van der Waals surface area (Å²) in [5, 5.41) is 3.51. The summed E-state index contributed by atoms with van der Waals surface area (Å²) in [6.07, 6.45) is 3.28. The molecule has 1 atom stereocenters. The maximum Gasteiger partial charge on any atom is 0.262 e. The van der Waals surface area contributed by atoms with Crippen LogP contribution in [0.3, 0.4) is 0 Å². The van der Waals surface area contributed by atoms with Gasteiger partial charge < -0.3 is 14.8 Å². The highest BCUT2D eigenvalue weighted by Crippen LogP contribution is 2.41. The molecule has 8 heteroatoms. The lowest BCUT2D eigenvalue weighted by Gasteiger charge is -2.37. The van der Waals surface area contributed by atoms with Gasteiger partial charge >= 0.3 is 0 Å². The SMILES string of the molecule is O=C1c2ccccc2NC(c2cnc3ccc(Br)cn23)N1c1ccc2c(c1)OCO2. The van der Waals surface area contributed by atoms with Gasteiger partial charge in [0.2, 0.25) is 6.79 Å². The minimum Gasteiger partial charge on any atom is -0.454 e. The van der Waals surface area contributed by atoms with Gasteiger partial charge in [0.1, 0.15) is 5.65 Å². The van der Waals surface area contributed by atoms with E-state index in [2.05, 4.69) is 26.2 Å². The van der Waals surface area contributed by atoms with Crippen molar-refractivity contribution in [2.24, 2.45) is 0 Å². The predicted octanol–water partition coefficient (Wildman–Crippen LogP) is 4.60. The molecule has 7 nitrogen and oxygen atoms in total. The van der Waals surface area contributed by atoms with Crippen LogP contribution in [-0.4, -0.2) is 22.1 Å². The lowest BCUT2D eigenvalue weighted by molar-refractivity contribution is 0.0974. The van der Waals surface area contributed by atoms with Crippen molar-refractivity contribution in [3.05, 3.63) is 82.7 Å². The fourth-order valence-electron chi connectivity index (χ4n) is 3.94. The van der Waals surface area contributed by atoms with Gasteiger partial charge in [-0.1, -0.05) is 12.1 Å². The zero-order chi connectivity index (χ0) is 20.2. The summed E-state index contributed by atoms with van der Waals surface area (Å²) in [5.41, 5.74) is 3.75. The van der Waals surface area contributed by atoms with Crippen LogP contribution in [0.15, 0.2) is 71.5 Å². The summed E-state index contributed by atoms with van der Waals surface area (Å²) >= 11 is 3.53. The topological polar surface area (TPSA) is 68.1 Å². The molecule has 4 heterocycles. The largest absolute Gasteiger partial charge is 0.454 e. The lowest BCUT2D eigenvalue weighted by atomic mass is 10.0. The molecular weight excluding hydrogens is 448 g/mol. The lowest BCUT2D eigenvalue weighted by Crippen LogP contribution is -2.43. The number of pyridine rings is 1. The average molecular weight is 463 g/mol. The molecule has 2 aliphatic heterocycles. The van der Waals surface area contributed by atoms with Gasteiger partial charge in [-0.05, 0) is 52.3 Å². The monoisotopic (exact) mass is 462 g/mol. The number of halogens is 1. The van der Waals surface area contributed by atoms with Crippen LogP contribution in [0.25, 0.3) is 5.65 Å². The van der Waals surface area contributed by atoms with Crippen molar-refractivity contribution in [2.75, 3.05) is 17.0 Å². The normalized spacial score (nSPS) is 17.2. The quantitative estimate of drug-likeness (QED) is 0.471. The molecule has 0 aliphatic carbocycles. The first-order chi connectivity index (χ1) is 14.7. The molecule has 2 aromatic heterocycles. The van der Waals surface area contributed by atoms with E-state index in [1.807, 2.05) is 65.2 Å². The molecule has 0 bridgehead atoms. The Morgan fingerprint density at radius 1 is 1.07 bits per heavy atom. The van der Waals surface area contributed by atoms with Crippen LogP contribution in [0.4, 0.5) is 11.4 Å². The van der Waals surface area contributed by atoms with Crippen molar-refractivity contribution >= 4 is 38.9 Å². The molecule has 0 fully saturated rings. The van der Waals surface area contributed by atoms with E-state index in [0.29, 0.717) is 22.7 Å². The number of para-hydroxylation sites is 1. The number of hydrogen-bond acceptors (Lipinski definition) is 5. The third-order valence-electron chi connectivity index (χ3n) is 5.34. The molecule has 30 heavy (non-hydrogen) atoms. The number of fused-ring (bicyclic) bond motifs is 3. The molecular formula is C22H15BrN4O3. The molecule has 0 saturated heterocycles. The Morgan fingerprint density at radius 2 is 1.93 bits per heavy atom. The van der Waals surface area contributed by atoms with Gasteiger partial charge in [-0.25, -0.2) is 4.98 Å². The molecule has 0 spiro atoms. The summed E-state index contributed by atoms with van der Waals surface area (Å²) in [5.74, 6) is 1.20. The number of nitrogens with zero attached hydrogens (tertiary/aromatic N) is 3. The molecule has 0 radical (unpaired) electrons. The van der Waals surface area contributed by atoms with E-state index in [-0.39, 0.29) is 12.7 Å². The van der Waals surface area contributed by atoms with Crippen LogP contribution in [0.5, 0.6) is 11.5 Å². The van der Waals surface area contributed by atoms with Crippen LogP contribution in [0, 0.1) is 0 Å². The zero-order valence-corrected chi connectivity index (χ0v) is 17.2. The maximum absolute atomic E-state index is 13.6. The molecule has 148 valence electrons. The molecule has 4 aromatic rings. The van der Waals surface area contributed by atoms with Crippen LogP contribution >= 0.6 is 15.9 Å².